The number of nitrogens with zero attached hydrogens (tertiary/aromatic N) is 3. The van der Waals surface area contributed by atoms with E-state index in [9.17, 15) is 34.4 Å². The lowest BCUT2D eigenvalue weighted by atomic mass is 9.87. The first-order valence-electron chi connectivity index (χ1n) is 11.3. The maximum atomic E-state index is 13.2. The highest BCUT2D eigenvalue weighted by molar-refractivity contribution is 8.45. The summed E-state index contributed by atoms with van der Waals surface area (Å²) in [5.74, 6) is -0.876. The molecule has 3 aromatic rings. The van der Waals surface area contributed by atoms with Gasteiger partial charge in [0, 0.05) is 29.4 Å². The molecule has 7 nitrogen and oxygen atoms in total. The first kappa shape index (κ1) is 26.3. The molecular weight excluding hydrogens is 507 g/mol. The Hall–Kier alpha value is -2.77. The van der Waals surface area contributed by atoms with E-state index >= 15 is 0 Å². The van der Waals surface area contributed by atoms with E-state index < -0.39 is 32.5 Å². The SMILES string of the molecule is CC(C)(O)c1cc2nn([C@H]3CC[C@H](CO)CC3)cc2cc1NC(=O)c1cccc(S(F)(F)(F)(F)F)n1. The lowest BCUT2D eigenvalue weighted by Crippen LogP contribution is -2.22. The van der Waals surface area contributed by atoms with Gasteiger partial charge in [-0.2, -0.15) is 5.10 Å². The second-order valence-corrected chi connectivity index (χ2v) is 12.1. The minimum atomic E-state index is -10.1. The molecule has 1 aliphatic carbocycles. The summed E-state index contributed by atoms with van der Waals surface area (Å²) >= 11 is 0. The van der Waals surface area contributed by atoms with Crippen molar-refractivity contribution in [1.82, 2.24) is 14.8 Å². The van der Waals surface area contributed by atoms with Crippen LogP contribution in [0.25, 0.3) is 10.9 Å². The van der Waals surface area contributed by atoms with Crippen molar-refractivity contribution in [3.63, 3.8) is 0 Å². The number of benzene rings is 1. The number of aromatic nitrogens is 3. The summed E-state index contributed by atoms with van der Waals surface area (Å²) in [6.45, 7) is 3.07. The molecule has 36 heavy (non-hydrogen) atoms. The smallest absolute Gasteiger partial charge is 0.325 e. The summed E-state index contributed by atoms with van der Waals surface area (Å²) in [5.41, 5.74) is -1.46. The average Bonchev–Trinajstić information content (AvgIpc) is 3.19. The predicted molar refractivity (Wildman–Crippen MR) is 127 cm³/mol. The molecule has 1 amide bonds. The fraction of sp³-hybridized carbons (Fsp3) is 0.435. The molecule has 1 saturated carbocycles. The number of anilines is 1. The Bertz CT molecular complexity index is 1310. The molecule has 198 valence electrons. The van der Waals surface area contributed by atoms with Crippen LogP contribution in [-0.4, -0.2) is 37.5 Å². The van der Waals surface area contributed by atoms with Crippen LogP contribution < -0.4 is 5.32 Å². The van der Waals surface area contributed by atoms with Crippen LogP contribution in [0.5, 0.6) is 0 Å². The van der Waals surface area contributed by atoms with E-state index in [1.165, 1.54) is 19.9 Å². The summed E-state index contributed by atoms with van der Waals surface area (Å²) in [6.07, 6.45) is 5.15. The van der Waals surface area contributed by atoms with Crippen molar-refractivity contribution in [3.8, 4) is 0 Å². The minimum absolute atomic E-state index is 0.0862. The number of rotatable bonds is 6. The number of amides is 1. The molecule has 4 rings (SSSR count). The zero-order valence-corrected chi connectivity index (χ0v) is 20.4. The number of nitrogens with one attached hydrogen (secondary N) is 1. The van der Waals surface area contributed by atoms with Gasteiger partial charge in [-0.15, -0.1) is 0 Å². The number of aliphatic hydroxyl groups excluding tert-OH is 1. The Morgan fingerprint density at radius 3 is 2.39 bits per heavy atom. The standard InChI is InChI=1S/C23H27F5N4O3S/c1-23(2,35)17-11-19-15(12-32(31-19)16-8-6-14(13-33)7-9-16)10-20(17)30-22(34)18-4-3-5-21(29-18)36(24,25,26,27)28/h3-5,10-12,14,16,33,35H,6-9,13H2,1-2H3,(H,30,34)/t14-,16-. The Kier molecular flexibility index (Phi) is 5.93. The summed E-state index contributed by atoms with van der Waals surface area (Å²) in [5, 5.41) is 25.2. The van der Waals surface area contributed by atoms with Gasteiger partial charge in [0.05, 0.1) is 17.2 Å². The van der Waals surface area contributed by atoms with Crippen LogP contribution in [0.4, 0.5) is 25.1 Å². The van der Waals surface area contributed by atoms with Gasteiger partial charge in [-0.25, -0.2) is 4.98 Å². The Morgan fingerprint density at radius 1 is 1.14 bits per heavy atom. The highest BCUT2D eigenvalue weighted by Gasteiger charge is 2.67. The van der Waals surface area contributed by atoms with Gasteiger partial charge in [0.2, 0.25) is 0 Å². The molecule has 0 aliphatic heterocycles. The van der Waals surface area contributed by atoms with Gasteiger partial charge in [0.15, 0.2) is 5.03 Å². The number of fused-ring (bicyclic) bond motifs is 1. The fourth-order valence-electron chi connectivity index (χ4n) is 4.42. The van der Waals surface area contributed by atoms with Gasteiger partial charge in [0.25, 0.3) is 5.91 Å². The van der Waals surface area contributed by atoms with Crippen molar-refractivity contribution >= 4 is 32.7 Å². The van der Waals surface area contributed by atoms with Crippen molar-refractivity contribution in [2.75, 3.05) is 11.9 Å². The average molecular weight is 535 g/mol. The highest BCUT2D eigenvalue weighted by Crippen LogP contribution is 3.01. The fourth-order valence-corrected chi connectivity index (χ4v) is 5.03. The molecule has 2 aromatic heterocycles. The first-order chi connectivity index (χ1) is 16.4. The van der Waals surface area contributed by atoms with Crippen LogP contribution in [-0.2, 0) is 5.60 Å². The lowest BCUT2D eigenvalue weighted by Gasteiger charge is -2.39. The lowest BCUT2D eigenvalue weighted by molar-refractivity contribution is 0.0793. The molecule has 0 saturated heterocycles. The van der Waals surface area contributed by atoms with Crippen molar-refractivity contribution in [1.29, 1.82) is 0 Å². The quantitative estimate of drug-likeness (QED) is 0.323. The van der Waals surface area contributed by atoms with Gasteiger partial charge in [-0.05, 0) is 69.7 Å². The summed E-state index contributed by atoms with van der Waals surface area (Å²) in [4.78, 5) is 15.6. The van der Waals surface area contributed by atoms with Crippen LogP contribution in [0.3, 0.4) is 0 Å². The normalized spacial score (nSPS) is 21.1. The van der Waals surface area contributed by atoms with E-state index in [2.05, 4.69) is 15.4 Å². The zero-order valence-electron chi connectivity index (χ0n) is 19.6. The van der Waals surface area contributed by atoms with Crippen LogP contribution >= 0.6 is 10.2 Å². The summed E-state index contributed by atoms with van der Waals surface area (Å²) < 4.78 is 67.6. The highest BCUT2D eigenvalue weighted by atomic mass is 32.5. The Balaban J connectivity index is 1.68. The second kappa shape index (κ2) is 8.12. The topological polar surface area (TPSA) is 100 Å². The van der Waals surface area contributed by atoms with E-state index in [-0.39, 0.29) is 35.9 Å². The van der Waals surface area contributed by atoms with Crippen molar-refractivity contribution in [2.45, 2.75) is 56.2 Å². The maximum absolute atomic E-state index is 13.2. The van der Waals surface area contributed by atoms with E-state index in [1.807, 2.05) is 0 Å². The van der Waals surface area contributed by atoms with Crippen LogP contribution in [0, 0.1) is 5.92 Å². The van der Waals surface area contributed by atoms with Crippen molar-refractivity contribution in [2.24, 2.45) is 5.92 Å². The molecule has 2 heterocycles. The molecule has 1 aromatic carbocycles. The third-order valence-electron chi connectivity index (χ3n) is 6.37. The van der Waals surface area contributed by atoms with E-state index in [1.54, 1.807) is 16.9 Å². The zero-order chi connectivity index (χ0) is 26.6. The summed E-state index contributed by atoms with van der Waals surface area (Å²) in [7, 11) is -10.1. The number of hydrogen-bond donors (Lipinski definition) is 3. The van der Waals surface area contributed by atoms with Gasteiger partial charge in [-0.1, -0.05) is 25.5 Å². The Morgan fingerprint density at radius 2 is 1.81 bits per heavy atom. The second-order valence-electron chi connectivity index (χ2n) is 9.77. The van der Waals surface area contributed by atoms with E-state index in [0.29, 0.717) is 17.0 Å². The van der Waals surface area contributed by atoms with Gasteiger partial charge in [-0.3, -0.25) is 9.48 Å². The van der Waals surface area contributed by atoms with Crippen molar-refractivity contribution in [3.05, 3.63) is 47.8 Å². The minimum Gasteiger partial charge on any atom is -0.396 e. The molecular formula is C23H27F5N4O3S. The predicted octanol–water partition coefficient (Wildman–Crippen LogP) is 6.29. The number of halogens is 5. The monoisotopic (exact) mass is 534 g/mol. The summed E-state index contributed by atoms with van der Waals surface area (Å²) in [6, 6.07) is 4.91. The number of pyridine rings is 1. The van der Waals surface area contributed by atoms with Crippen LogP contribution in [0.1, 0.15) is 61.6 Å². The van der Waals surface area contributed by atoms with E-state index in [0.717, 1.165) is 31.7 Å². The maximum Gasteiger partial charge on any atom is 0.325 e. The Labute approximate surface area is 204 Å². The number of carbonyl (C=O) groups excluding carboxylic acids is 1. The molecule has 0 bridgehead atoms. The molecule has 0 radical (unpaired) electrons. The third kappa shape index (κ3) is 5.62. The van der Waals surface area contributed by atoms with Crippen molar-refractivity contribution < 1.29 is 34.4 Å². The van der Waals surface area contributed by atoms with Gasteiger partial charge in [0.1, 0.15) is 5.69 Å². The first-order valence-corrected chi connectivity index (χ1v) is 13.3. The molecule has 0 unspecified atom stereocenters. The van der Waals surface area contributed by atoms with E-state index in [4.69, 9.17) is 0 Å². The molecule has 3 N–H and O–H groups in total. The van der Waals surface area contributed by atoms with Crippen LogP contribution in [0.2, 0.25) is 0 Å². The number of aliphatic hydroxyl groups is 2. The molecule has 0 atom stereocenters. The van der Waals surface area contributed by atoms with Gasteiger partial charge >= 0.3 is 10.2 Å². The molecule has 1 aliphatic rings. The number of carbonyl (C=O) groups is 1. The third-order valence-corrected chi connectivity index (χ3v) is 7.39. The van der Waals surface area contributed by atoms with Gasteiger partial charge < -0.3 is 15.5 Å². The molecule has 13 heteroatoms. The molecule has 1 fully saturated rings. The molecule has 0 spiro atoms. The van der Waals surface area contributed by atoms with Crippen LogP contribution in [0.15, 0.2) is 41.6 Å². The largest absolute Gasteiger partial charge is 0.396 e. The number of hydrogen-bond acceptors (Lipinski definition) is 5.